The molecule has 5 rings (SSSR count). The lowest BCUT2D eigenvalue weighted by atomic mass is 10.0. The van der Waals surface area contributed by atoms with E-state index in [1.165, 1.54) is 11.3 Å². The molecule has 2 bridgehead atoms. The van der Waals surface area contributed by atoms with Crippen molar-refractivity contribution >= 4 is 11.3 Å². The Morgan fingerprint density at radius 3 is 2.86 bits per heavy atom. The van der Waals surface area contributed by atoms with Crippen molar-refractivity contribution in [2.24, 2.45) is 0 Å². The number of likely N-dealkylation sites (N-methyl/N-ethyl adjacent to an activating group) is 1. The van der Waals surface area contributed by atoms with Gasteiger partial charge in [-0.2, -0.15) is 0 Å². The number of rotatable bonds is 4. The lowest BCUT2D eigenvalue weighted by Crippen LogP contribution is -2.45. The molecular weight excluding hydrogens is 378 g/mol. The molecule has 4 heterocycles. The zero-order valence-corrected chi connectivity index (χ0v) is 16.2. The number of aliphatic hydroxyl groups is 1. The molecular formula is C19H21N5O3S. The number of hydrogen-bond acceptors (Lipinski definition) is 8. The highest BCUT2D eigenvalue weighted by atomic mass is 32.1. The van der Waals surface area contributed by atoms with Gasteiger partial charge >= 0.3 is 0 Å². The van der Waals surface area contributed by atoms with Gasteiger partial charge in [-0.15, -0.1) is 5.10 Å². The minimum atomic E-state index is -0.278. The molecule has 28 heavy (non-hydrogen) atoms. The van der Waals surface area contributed by atoms with Gasteiger partial charge in [0.25, 0.3) is 5.19 Å². The van der Waals surface area contributed by atoms with Crippen LogP contribution in [0.15, 0.2) is 36.9 Å². The normalized spacial score (nSPS) is 27.2. The molecule has 0 amide bonds. The average Bonchev–Trinajstić information content (AvgIpc) is 3.38. The molecule has 8 nitrogen and oxygen atoms in total. The van der Waals surface area contributed by atoms with Crippen molar-refractivity contribution in [2.45, 2.75) is 43.6 Å². The number of phenols is 1. The van der Waals surface area contributed by atoms with Crippen LogP contribution in [0.2, 0.25) is 0 Å². The molecule has 0 radical (unpaired) electrons. The third-order valence-corrected chi connectivity index (χ3v) is 6.63. The maximum Gasteiger partial charge on any atom is 0.294 e. The van der Waals surface area contributed by atoms with Crippen molar-refractivity contribution in [3.05, 3.63) is 36.9 Å². The fourth-order valence-corrected chi connectivity index (χ4v) is 5.07. The van der Waals surface area contributed by atoms with E-state index in [1.807, 2.05) is 22.9 Å². The summed E-state index contributed by atoms with van der Waals surface area (Å²) in [5.74, 6) is 0.134. The van der Waals surface area contributed by atoms with Crippen LogP contribution in [0.1, 0.15) is 19.3 Å². The number of benzene rings is 1. The molecule has 2 aromatic heterocycles. The summed E-state index contributed by atoms with van der Waals surface area (Å²) in [6, 6.07) is 5.90. The maximum atomic E-state index is 10.4. The van der Waals surface area contributed by atoms with Crippen LogP contribution in [0.3, 0.4) is 0 Å². The predicted molar refractivity (Wildman–Crippen MR) is 104 cm³/mol. The second-order valence-electron chi connectivity index (χ2n) is 7.45. The number of nitrogens with zero attached hydrogens (tertiary/aromatic N) is 5. The van der Waals surface area contributed by atoms with Crippen molar-refractivity contribution in [1.29, 1.82) is 0 Å². The predicted octanol–water partition coefficient (Wildman–Crippen LogP) is 2.07. The summed E-state index contributed by atoms with van der Waals surface area (Å²) in [5, 5.41) is 30.1. The van der Waals surface area contributed by atoms with Gasteiger partial charge in [0, 0.05) is 43.4 Å². The van der Waals surface area contributed by atoms with Crippen LogP contribution in [0.25, 0.3) is 16.3 Å². The Hall–Kier alpha value is -2.49. The number of aromatic nitrogens is 4. The first-order chi connectivity index (χ1) is 13.6. The van der Waals surface area contributed by atoms with Gasteiger partial charge in [0.05, 0.1) is 23.7 Å². The largest absolute Gasteiger partial charge is 0.507 e. The smallest absolute Gasteiger partial charge is 0.294 e. The summed E-state index contributed by atoms with van der Waals surface area (Å²) in [7, 11) is 2.07. The van der Waals surface area contributed by atoms with Gasteiger partial charge in [0.2, 0.25) is 0 Å². The Labute approximate surface area is 166 Å². The van der Waals surface area contributed by atoms with Crippen molar-refractivity contribution in [2.75, 3.05) is 7.05 Å². The molecule has 4 atom stereocenters. The number of aliphatic hydroxyl groups excluding tert-OH is 1. The Bertz CT molecular complexity index is 976. The van der Waals surface area contributed by atoms with E-state index >= 15 is 0 Å². The van der Waals surface area contributed by atoms with E-state index in [0.717, 1.165) is 24.9 Å². The molecule has 2 N–H and O–H groups in total. The quantitative estimate of drug-likeness (QED) is 0.693. The van der Waals surface area contributed by atoms with E-state index in [2.05, 4.69) is 27.1 Å². The van der Waals surface area contributed by atoms with E-state index in [1.54, 1.807) is 18.6 Å². The van der Waals surface area contributed by atoms with Crippen LogP contribution >= 0.6 is 11.3 Å². The maximum absolute atomic E-state index is 10.4. The van der Waals surface area contributed by atoms with Crippen molar-refractivity contribution in [1.82, 2.24) is 24.6 Å². The molecule has 2 fully saturated rings. The molecule has 2 aliphatic rings. The molecule has 146 valence electrons. The van der Waals surface area contributed by atoms with Gasteiger partial charge in [-0.1, -0.05) is 16.4 Å². The summed E-state index contributed by atoms with van der Waals surface area (Å²) in [4.78, 5) is 6.28. The van der Waals surface area contributed by atoms with E-state index in [-0.39, 0.29) is 24.0 Å². The Morgan fingerprint density at radius 2 is 2.11 bits per heavy atom. The Kier molecular flexibility index (Phi) is 4.30. The van der Waals surface area contributed by atoms with E-state index in [4.69, 9.17) is 4.74 Å². The standard InChI is InChI=1S/C19H21N5O3S/c1-23-12-6-13(9-15(23)17(26)8-12)27-19-22-21-18(28-19)14-3-2-11(7-16(14)25)24-5-4-20-10-24/h2-5,7,10,12-13,15,17,25-26H,6,8-9H2,1H3/t12?,13-,15?,17+/m0/s1. The number of hydrogen-bond donors (Lipinski definition) is 2. The zero-order valence-electron chi connectivity index (χ0n) is 15.3. The highest BCUT2D eigenvalue weighted by Crippen LogP contribution is 2.39. The molecule has 2 unspecified atom stereocenters. The second kappa shape index (κ2) is 6.84. The van der Waals surface area contributed by atoms with Crippen LogP contribution in [-0.4, -0.2) is 66.2 Å². The third kappa shape index (κ3) is 3.05. The summed E-state index contributed by atoms with van der Waals surface area (Å²) in [5.41, 5.74) is 1.44. The number of piperidine rings is 1. The fraction of sp³-hybridized carbons (Fsp3) is 0.421. The molecule has 1 aromatic carbocycles. The molecule has 2 aliphatic heterocycles. The van der Waals surface area contributed by atoms with Crippen LogP contribution in [0.5, 0.6) is 10.9 Å². The Balaban J connectivity index is 1.32. The van der Waals surface area contributed by atoms with Crippen LogP contribution < -0.4 is 4.74 Å². The van der Waals surface area contributed by atoms with Crippen molar-refractivity contribution in [3.63, 3.8) is 0 Å². The molecule has 0 saturated carbocycles. The van der Waals surface area contributed by atoms with Crippen molar-refractivity contribution < 1.29 is 14.9 Å². The second-order valence-corrected chi connectivity index (χ2v) is 8.39. The fourth-order valence-electron chi connectivity index (χ4n) is 4.28. The average molecular weight is 399 g/mol. The molecule has 9 heteroatoms. The molecule has 2 saturated heterocycles. The molecule has 0 aliphatic carbocycles. The van der Waals surface area contributed by atoms with Gasteiger partial charge in [-0.05, 0) is 25.6 Å². The number of ether oxygens (including phenoxy) is 1. The highest BCUT2D eigenvalue weighted by Gasteiger charge is 2.45. The lowest BCUT2D eigenvalue weighted by molar-refractivity contribution is 0.0399. The first-order valence-electron chi connectivity index (χ1n) is 9.30. The zero-order chi connectivity index (χ0) is 19.3. The highest BCUT2D eigenvalue weighted by molar-refractivity contribution is 7.16. The van der Waals surface area contributed by atoms with Crippen molar-refractivity contribution in [3.8, 4) is 27.2 Å². The van der Waals surface area contributed by atoms with Gasteiger partial charge in [-0.3, -0.25) is 4.90 Å². The lowest BCUT2D eigenvalue weighted by Gasteiger charge is -2.35. The number of fused-ring (bicyclic) bond motifs is 2. The topological polar surface area (TPSA) is 96.5 Å². The third-order valence-electron chi connectivity index (χ3n) is 5.78. The van der Waals surface area contributed by atoms with E-state index < -0.39 is 0 Å². The SMILES string of the molecule is CN1C2C[C@H](Oc3nnc(-c4ccc(-n5ccnc5)cc4O)s3)CC1[C@H](O)C2. The summed E-state index contributed by atoms with van der Waals surface area (Å²) in [6.07, 6.45) is 7.40. The summed E-state index contributed by atoms with van der Waals surface area (Å²) >= 11 is 1.32. The van der Waals surface area contributed by atoms with Crippen LogP contribution in [0.4, 0.5) is 0 Å². The van der Waals surface area contributed by atoms with Gasteiger partial charge in [-0.25, -0.2) is 4.98 Å². The van der Waals surface area contributed by atoms with Crippen LogP contribution in [-0.2, 0) is 0 Å². The molecule has 0 spiro atoms. The van der Waals surface area contributed by atoms with Gasteiger partial charge in [0.15, 0.2) is 5.01 Å². The first-order valence-corrected chi connectivity index (χ1v) is 10.1. The first kappa shape index (κ1) is 17.6. The van der Waals surface area contributed by atoms with Crippen LogP contribution in [0, 0.1) is 0 Å². The Morgan fingerprint density at radius 1 is 1.21 bits per heavy atom. The van der Waals surface area contributed by atoms with E-state index in [0.29, 0.717) is 21.8 Å². The monoisotopic (exact) mass is 399 g/mol. The van der Waals surface area contributed by atoms with Gasteiger partial charge in [0.1, 0.15) is 11.9 Å². The summed E-state index contributed by atoms with van der Waals surface area (Å²) in [6.45, 7) is 0. The minimum absolute atomic E-state index is 0.0290. The number of phenolic OH excluding ortho intramolecular Hbond substituents is 1. The number of imidazole rings is 1. The van der Waals surface area contributed by atoms with Gasteiger partial charge < -0.3 is 19.5 Å². The summed E-state index contributed by atoms with van der Waals surface area (Å²) < 4.78 is 7.89. The van der Waals surface area contributed by atoms with E-state index in [9.17, 15) is 10.2 Å². The molecule has 3 aromatic rings. The number of aromatic hydroxyl groups is 1. The minimum Gasteiger partial charge on any atom is -0.507 e.